The number of hydrogen-bond acceptors (Lipinski definition) is 2. The summed E-state index contributed by atoms with van der Waals surface area (Å²) in [7, 11) is 0. The van der Waals surface area contributed by atoms with Gasteiger partial charge < -0.3 is 8.83 Å². The number of rotatable bonds is 3. The van der Waals surface area contributed by atoms with Gasteiger partial charge in [-0.15, -0.1) is 0 Å². The van der Waals surface area contributed by atoms with Crippen molar-refractivity contribution in [3.63, 3.8) is 0 Å². The zero-order chi connectivity index (χ0) is 32.8. The van der Waals surface area contributed by atoms with Crippen LogP contribution >= 0.6 is 0 Å². The van der Waals surface area contributed by atoms with Crippen molar-refractivity contribution in [2.45, 2.75) is 0 Å². The van der Waals surface area contributed by atoms with E-state index in [0.717, 1.165) is 43.9 Å². The molecule has 0 aliphatic carbocycles. The van der Waals surface area contributed by atoms with E-state index in [4.69, 9.17) is 8.83 Å². The van der Waals surface area contributed by atoms with Crippen molar-refractivity contribution in [2.75, 3.05) is 0 Å². The van der Waals surface area contributed by atoms with Crippen molar-refractivity contribution in [3.05, 3.63) is 170 Å². The Morgan fingerprint density at radius 2 is 0.840 bits per heavy atom. The molecule has 0 saturated heterocycles. The van der Waals surface area contributed by atoms with Crippen molar-refractivity contribution >= 4 is 76.2 Å². The Balaban J connectivity index is 1.12. The first-order chi connectivity index (χ1) is 24.8. The smallest absolute Gasteiger partial charge is 0.147 e. The van der Waals surface area contributed by atoms with Gasteiger partial charge in [-0.05, 0) is 96.0 Å². The predicted octanol–water partition coefficient (Wildman–Crippen LogP) is 13.9. The highest BCUT2D eigenvalue weighted by atomic mass is 16.3. The number of furan rings is 2. The number of benzene rings is 9. The minimum absolute atomic E-state index is 0.843. The van der Waals surface area contributed by atoms with E-state index < -0.39 is 0 Å². The maximum Gasteiger partial charge on any atom is 0.147 e. The van der Waals surface area contributed by atoms with Gasteiger partial charge in [0.2, 0.25) is 0 Å². The van der Waals surface area contributed by atoms with Crippen LogP contribution in [0.4, 0.5) is 0 Å². The summed E-state index contributed by atoms with van der Waals surface area (Å²) in [4.78, 5) is 0. The van der Waals surface area contributed by atoms with Gasteiger partial charge in [0.25, 0.3) is 0 Å². The Morgan fingerprint density at radius 3 is 1.58 bits per heavy atom. The number of para-hydroxylation sites is 1. The van der Waals surface area contributed by atoms with E-state index in [-0.39, 0.29) is 0 Å². The Bertz CT molecular complexity index is 3080. The highest BCUT2D eigenvalue weighted by Crippen LogP contribution is 2.46. The van der Waals surface area contributed by atoms with E-state index in [1.54, 1.807) is 0 Å². The van der Waals surface area contributed by atoms with Crippen molar-refractivity contribution in [1.29, 1.82) is 0 Å². The van der Waals surface area contributed by atoms with E-state index >= 15 is 0 Å². The first kappa shape index (κ1) is 27.3. The molecule has 0 saturated carbocycles. The molecule has 9 aromatic carbocycles. The molecular formula is C48H28O2. The Kier molecular flexibility index (Phi) is 5.70. The van der Waals surface area contributed by atoms with Crippen LogP contribution in [-0.2, 0) is 0 Å². The summed E-state index contributed by atoms with van der Waals surface area (Å²) in [5.41, 5.74) is 10.8. The Morgan fingerprint density at radius 1 is 0.300 bits per heavy atom. The average molecular weight is 637 g/mol. The fourth-order valence-electron chi connectivity index (χ4n) is 8.24. The van der Waals surface area contributed by atoms with Gasteiger partial charge in [0.05, 0.1) is 5.39 Å². The predicted molar refractivity (Wildman–Crippen MR) is 210 cm³/mol. The maximum absolute atomic E-state index is 6.58. The highest BCUT2D eigenvalue weighted by Gasteiger charge is 2.20. The van der Waals surface area contributed by atoms with Crippen molar-refractivity contribution in [1.82, 2.24) is 0 Å². The van der Waals surface area contributed by atoms with Gasteiger partial charge >= 0.3 is 0 Å². The molecule has 0 N–H and O–H groups in total. The van der Waals surface area contributed by atoms with Gasteiger partial charge in [0.1, 0.15) is 22.3 Å². The second-order valence-corrected chi connectivity index (χ2v) is 13.2. The molecule has 50 heavy (non-hydrogen) atoms. The van der Waals surface area contributed by atoms with Crippen LogP contribution in [0.25, 0.3) is 110 Å². The summed E-state index contributed by atoms with van der Waals surface area (Å²) in [6.45, 7) is 0. The fraction of sp³-hybridized carbons (Fsp3) is 0. The second kappa shape index (κ2) is 10.4. The molecule has 232 valence electrons. The quantitative estimate of drug-likeness (QED) is 0.180. The molecule has 0 aliphatic rings. The lowest BCUT2D eigenvalue weighted by atomic mass is 9.85. The van der Waals surface area contributed by atoms with Crippen LogP contribution in [0.5, 0.6) is 0 Å². The maximum atomic E-state index is 6.58. The monoisotopic (exact) mass is 636 g/mol. The molecule has 0 radical (unpaired) electrons. The lowest BCUT2D eigenvalue weighted by Crippen LogP contribution is -1.91. The van der Waals surface area contributed by atoms with Crippen LogP contribution in [0.2, 0.25) is 0 Å². The van der Waals surface area contributed by atoms with E-state index in [1.165, 1.54) is 65.7 Å². The van der Waals surface area contributed by atoms with Crippen LogP contribution in [0, 0.1) is 0 Å². The van der Waals surface area contributed by atoms with Crippen LogP contribution in [-0.4, -0.2) is 0 Å². The summed E-state index contributed by atoms with van der Waals surface area (Å²) in [5, 5.41) is 11.8. The van der Waals surface area contributed by atoms with E-state index in [9.17, 15) is 0 Å². The Hall–Kier alpha value is -6.64. The molecule has 2 heterocycles. The van der Waals surface area contributed by atoms with Crippen molar-refractivity contribution in [3.8, 4) is 33.4 Å². The fourth-order valence-corrected chi connectivity index (χ4v) is 8.24. The third-order valence-electron chi connectivity index (χ3n) is 10.5. The molecule has 0 fully saturated rings. The first-order valence-electron chi connectivity index (χ1n) is 17.1. The molecule has 0 spiro atoms. The topological polar surface area (TPSA) is 26.3 Å². The molecule has 0 atom stereocenters. The highest BCUT2D eigenvalue weighted by molar-refractivity contribution is 6.24. The zero-order valence-electron chi connectivity index (χ0n) is 27.0. The SMILES string of the molecule is c1ccc2c(-c3ccc(-c4c5ccccc5c(-c5ccc6oc7c(ccc8oc9ccccc9c87)c6c5)c5ccccc45)cc3)cccc2c1. The lowest BCUT2D eigenvalue weighted by molar-refractivity contribution is 0.663. The minimum atomic E-state index is 0.843. The third kappa shape index (κ3) is 3.90. The zero-order valence-corrected chi connectivity index (χ0v) is 27.0. The van der Waals surface area contributed by atoms with E-state index in [1.807, 2.05) is 12.1 Å². The molecule has 0 amide bonds. The lowest BCUT2D eigenvalue weighted by Gasteiger charge is -2.18. The van der Waals surface area contributed by atoms with Crippen LogP contribution in [0.1, 0.15) is 0 Å². The van der Waals surface area contributed by atoms with Gasteiger partial charge in [-0.1, -0.05) is 140 Å². The molecule has 0 unspecified atom stereocenters. The molecule has 2 heteroatoms. The average Bonchev–Trinajstić information content (AvgIpc) is 3.75. The summed E-state index contributed by atoms with van der Waals surface area (Å²) >= 11 is 0. The molecule has 2 nitrogen and oxygen atoms in total. The summed E-state index contributed by atoms with van der Waals surface area (Å²) in [6.07, 6.45) is 0. The van der Waals surface area contributed by atoms with Gasteiger partial charge in [0.15, 0.2) is 0 Å². The number of fused-ring (bicyclic) bond motifs is 10. The van der Waals surface area contributed by atoms with Crippen molar-refractivity contribution < 1.29 is 8.83 Å². The van der Waals surface area contributed by atoms with Crippen LogP contribution < -0.4 is 0 Å². The molecule has 2 aromatic heterocycles. The molecule has 11 aromatic rings. The summed E-state index contributed by atoms with van der Waals surface area (Å²) in [6, 6.07) is 61.0. The third-order valence-corrected chi connectivity index (χ3v) is 10.5. The molecular weight excluding hydrogens is 609 g/mol. The first-order valence-corrected chi connectivity index (χ1v) is 17.1. The van der Waals surface area contributed by atoms with Gasteiger partial charge in [-0.3, -0.25) is 0 Å². The second-order valence-electron chi connectivity index (χ2n) is 13.2. The largest absolute Gasteiger partial charge is 0.456 e. The van der Waals surface area contributed by atoms with Crippen LogP contribution in [0.15, 0.2) is 179 Å². The normalized spacial score (nSPS) is 12.0. The number of hydrogen-bond donors (Lipinski definition) is 0. The summed E-state index contributed by atoms with van der Waals surface area (Å²) in [5.74, 6) is 0. The standard InChI is InChI=1S/C48H28O2/c1-2-12-33-29(10-1)11-9-18-34(33)30-20-22-31(23-21-30)45-35-13-3-5-15-37(35)46(38-16-6-4-14-36(38)45)32-24-26-43-41(28-32)39-25-27-44-47(48(39)50-43)40-17-7-8-19-42(40)49-44/h1-28H. The molecule has 11 rings (SSSR count). The molecule has 0 aliphatic heterocycles. The van der Waals surface area contributed by atoms with E-state index in [0.29, 0.717) is 0 Å². The van der Waals surface area contributed by atoms with Crippen molar-refractivity contribution in [2.24, 2.45) is 0 Å². The Labute approximate surface area is 287 Å². The van der Waals surface area contributed by atoms with Crippen LogP contribution in [0.3, 0.4) is 0 Å². The van der Waals surface area contributed by atoms with Gasteiger partial charge in [0, 0.05) is 16.2 Å². The molecule has 0 bridgehead atoms. The van der Waals surface area contributed by atoms with Gasteiger partial charge in [-0.25, -0.2) is 0 Å². The summed E-state index contributed by atoms with van der Waals surface area (Å²) < 4.78 is 12.8. The minimum Gasteiger partial charge on any atom is -0.456 e. The van der Waals surface area contributed by atoms with Gasteiger partial charge in [-0.2, -0.15) is 0 Å². The van der Waals surface area contributed by atoms with E-state index in [2.05, 4.69) is 158 Å².